The third-order valence-electron chi connectivity index (χ3n) is 6.54. The van der Waals surface area contributed by atoms with Crippen molar-refractivity contribution in [3.63, 3.8) is 0 Å². The summed E-state index contributed by atoms with van der Waals surface area (Å²) in [5.41, 5.74) is 2.04. The molecule has 41 heavy (non-hydrogen) atoms. The highest BCUT2D eigenvalue weighted by atomic mass is 79.9. The van der Waals surface area contributed by atoms with Crippen molar-refractivity contribution in [3.05, 3.63) is 131 Å². The Hall–Kier alpha value is -3.95. The van der Waals surface area contributed by atoms with Crippen molar-refractivity contribution in [2.75, 3.05) is 17.4 Å². The van der Waals surface area contributed by atoms with Gasteiger partial charge in [-0.15, -0.1) is 0 Å². The first-order valence-corrected chi connectivity index (χ1v) is 15.5. The van der Waals surface area contributed by atoms with Crippen LogP contribution in [-0.4, -0.2) is 44.3 Å². The molecule has 7 nitrogen and oxygen atoms in total. The molecule has 2 amide bonds. The van der Waals surface area contributed by atoms with Crippen LogP contribution < -0.4 is 9.62 Å². The smallest absolute Gasteiger partial charge is 0.264 e. The van der Waals surface area contributed by atoms with Gasteiger partial charge in [0.1, 0.15) is 12.6 Å². The molecule has 0 aliphatic rings. The van der Waals surface area contributed by atoms with Gasteiger partial charge in [0.05, 0.1) is 10.6 Å². The molecule has 0 aliphatic carbocycles. The lowest BCUT2D eigenvalue weighted by Gasteiger charge is -2.33. The lowest BCUT2D eigenvalue weighted by molar-refractivity contribution is -0.140. The minimum Gasteiger partial charge on any atom is -0.355 e. The molecule has 4 aromatic rings. The highest BCUT2D eigenvalue weighted by Crippen LogP contribution is 2.25. The number of rotatable bonds is 12. The van der Waals surface area contributed by atoms with Crippen molar-refractivity contribution in [1.82, 2.24) is 10.2 Å². The second kappa shape index (κ2) is 14.1. The molecule has 1 N–H and O–H groups in total. The van der Waals surface area contributed by atoms with Crippen molar-refractivity contribution >= 4 is 43.5 Å². The fourth-order valence-electron chi connectivity index (χ4n) is 4.48. The number of amides is 2. The van der Waals surface area contributed by atoms with E-state index in [-0.39, 0.29) is 23.8 Å². The van der Waals surface area contributed by atoms with Crippen LogP contribution in [0.1, 0.15) is 18.1 Å². The number of anilines is 1. The SMILES string of the molecule is CCNC(=O)[C@H](Cc1ccccc1)N(Cc1ccc(Br)cc1)C(=O)CN(c1ccccc1)S(=O)(=O)c1ccccc1. The molecule has 0 saturated carbocycles. The summed E-state index contributed by atoms with van der Waals surface area (Å²) >= 11 is 3.44. The maximum Gasteiger partial charge on any atom is 0.264 e. The Labute approximate surface area is 250 Å². The lowest BCUT2D eigenvalue weighted by atomic mass is 10.0. The minimum absolute atomic E-state index is 0.0701. The Morgan fingerprint density at radius 3 is 1.93 bits per heavy atom. The third-order valence-corrected chi connectivity index (χ3v) is 8.86. The van der Waals surface area contributed by atoms with Crippen LogP contribution in [0.25, 0.3) is 0 Å². The number of likely N-dealkylation sites (N-methyl/N-ethyl adjacent to an activating group) is 1. The predicted molar refractivity (Wildman–Crippen MR) is 165 cm³/mol. The maximum atomic E-state index is 14.2. The summed E-state index contributed by atoms with van der Waals surface area (Å²) in [4.78, 5) is 29.3. The van der Waals surface area contributed by atoms with Gasteiger partial charge in [0, 0.05) is 24.0 Å². The third kappa shape index (κ3) is 7.83. The summed E-state index contributed by atoms with van der Waals surface area (Å²) in [7, 11) is -4.10. The van der Waals surface area contributed by atoms with E-state index in [2.05, 4.69) is 21.2 Å². The first-order valence-electron chi connectivity index (χ1n) is 13.3. The highest BCUT2D eigenvalue weighted by Gasteiger charge is 2.34. The zero-order chi connectivity index (χ0) is 29.2. The van der Waals surface area contributed by atoms with Crippen molar-refractivity contribution in [2.24, 2.45) is 0 Å². The number of benzene rings is 4. The van der Waals surface area contributed by atoms with Gasteiger partial charge in [-0.1, -0.05) is 94.8 Å². The quantitative estimate of drug-likeness (QED) is 0.226. The molecule has 0 radical (unpaired) electrons. The van der Waals surface area contributed by atoms with Gasteiger partial charge in [0.2, 0.25) is 11.8 Å². The molecule has 4 aromatic carbocycles. The van der Waals surface area contributed by atoms with Crippen LogP contribution >= 0.6 is 15.9 Å². The van der Waals surface area contributed by atoms with Crippen LogP contribution in [0.5, 0.6) is 0 Å². The van der Waals surface area contributed by atoms with Gasteiger partial charge in [-0.3, -0.25) is 13.9 Å². The summed E-state index contributed by atoms with van der Waals surface area (Å²) in [6, 6.07) is 32.6. The molecule has 212 valence electrons. The van der Waals surface area contributed by atoms with Crippen molar-refractivity contribution < 1.29 is 18.0 Å². The molecule has 0 saturated heterocycles. The van der Waals surface area contributed by atoms with Gasteiger partial charge >= 0.3 is 0 Å². The number of hydrogen-bond donors (Lipinski definition) is 1. The standard InChI is InChI=1S/C32H32BrN3O4S/c1-2-34-32(38)30(22-25-12-6-3-7-13-25)35(23-26-18-20-27(33)21-19-26)31(37)24-36(28-14-8-4-9-15-28)41(39,40)29-16-10-5-11-17-29/h3-21,30H,2,22-24H2,1H3,(H,34,38)/t30-/m0/s1. The number of carbonyl (C=O) groups is 2. The average molecular weight is 635 g/mol. The topological polar surface area (TPSA) is 86.8 Å². The number of para-hydroxylation sites is 1. The minimum atomic E-state index is -4.10. The van der Waals surface area contributed by atoms with Crippen LogP contribution in [0.2, 0.25) is 0 Å². The average Bonchev–Trinajstić information content (AvgIpc) is 3.00. The molecule has 4 rings (SSSR count). The van der Waals surface area contributed by atoms with E-state index < -0.39 is 28.5 Å². The Bertz CT molecular complexity index is 1530. The van der Waals surface area contributed by atoms with E-state index in [4.69, 9.17) is 0 Å². The van der Waals surface area contributed by atoms with Gasteiger partial charge in [0.25, 0.3) is 10.0 Å². The summed E-state index contributed by atoms with van der Waals surface area (Å²) in [6.45, 7) is 1.85. The number of carbonyl (C=O) groups excluding carboxylic acids is 2. The van der Waals surface area contributed by atoms with Gasteiger partial charge in [0.15, 0.2) is 0 Å². The summed E-state index contributed by atoms with van der Waals surface area (Å²) < 4.78 is 29.7. The zero-order valence-electron chi connectivity index (χ0n) is 22.7. The maximum absolute atomic E-state index is 14.2. The monoisotopic (exact) mass is 633 g/mol. The van der Waals surface area contributed by atoms with Gasteiger partial charge < -0.3 is 10.2 Å². The molecule has 0 aliphatic heterocycles. The summed E-state index contributed by atoms with van der Waals surface area (Å²) in [5, 5.41) is 2.87. The fourth-order valence-corrected chi connectivity index (χ4v) is 6.17. The van der Waals surface area contributed by atoms with Gasteiger partial charge in [-0.2, -0.15) is 0 Å². The van der Waals surface area contributed by atoms with Gasteiger partial charge in [-0.05, 0) is 54.4 Å². The second-order valence-electron chi connectivity index (χ2n) is 9.41. The predicted octanol–water partition coefficient (Wildman–Crippen LogP) is 5.42. The van der Waals surface area contributed by atoms with Crippen molar-refractivity contribution in [2.45, 2.75) is 30.8 Å². The highest BCUT2D eigenvalue weighted by molar-refractivity contribution is 9.10. The van der Waals surface area contributed by atoms with Crippen LogP contribution in [0.4, 0.5) is 5.69 Å². The van der Waals surface area contributed by atoms with Crippen LogP contribution in [-0.2, 0) is 32.6 Å². The van der Waals surface area contributed by atoms with Crippen LogP contribution in [0.15, 0.2) is 125 Å². The van der Waals surface area contributed by atoms with Crippen LogP contribution in [0.3, 0.4) is 0 Å². The molecule has 0 fully saturated rings. The molecular formula is C32H32BrN3O4S. The number of nitrogens with one attached hydrogen (secondary N) is 1. The van der Waals surface area contributed by atoms with E-state index >= 15 is 0 Å². The summed E-state index contributed by atoms with van der Waals surface area (Å²) in [6.07, 6.45) is 0.270. The fraction of sp³-hybridized carbons (Fsp3) is 0.188. The second-order valence-corrected chi connectivity index (χ2v) is 12.2. The largest absolute Gasteiger partial charge is 0.355 e. The van der Waals surface area contributed by atoms with Crippen LogP contribution in [0, 0.1) is 0 Å². The number of nitrogens with zero attached hydrogens (tertiary/aromatic N) is 2. The number of sulfonamides is 1. The lowest BCUT2D eigenvalue weighted by Crippen LogP contribution is -2.53. The Morgan fingerprint density at radius 2 is 1.34 bits per heavy atom. The zero-order valence-corrected chi connectivity index (χ0v) is 25.1. The molecule has 1 atom stereocenters. The normalized spacial score (nSPS) is 11.9. The molecule has 0 heterocycles. The first kappa shape index (κ1) is 30.0. The molecule has 9 heteroatoms. The number of hydrogen-bond acceptors (Lipinski definition) is 4. The van der Waals surface area contributed by atoms with E-state index in [9.17, 15) is 18.0 Å². The van der Waals surface area contributed by atoms with E-state index in [0.717, 1.165) is 19.9 Å². The van der Waals surface area contributed by atoms with Crippen molar-refractivity contribution in [3.8, 4) is 0 Å². The van der Waals surface area contributed by atoms with Crippen molar-refractivity contribution in [1.29, 1.82) is 0 Å². The molecular weight excluding hydrogens is 602 g/mol. The van der Waals surface area contributed by atoms with E-state index in [1.165, 1.54) is 17.0 Å². The number of halogens is 1. The first-order chi connectivity index (χ1) is 19.8. The van der Waals surface area contributed by atoms with E-state index in [1.807, 2.05) is 61.5 Å². The molecule has 0 bridgehead atoms. The van der Waals surface area contributed by atoms with Gasteiger partial charge in [-0.25, -0.2) is 8.42 Å². The molecule has 0 aromatic heterocycles. The Balaban J connectivity index is 1.76. The van der Waals surface area contributed by atoms with E-state index in [1.54, 1.807) is 48.5 Å². The molecule has 0 spiro atoms. The van der Waals surface area contributed by atoms with E-state index in [0.29, 0.717) is 12.2 Å². The Morgan fingerprint density at radius 1 is 0.780 bits per heavy atom. The summed E-state index contributed by atoms with van der Waals surface area (Å²) in [5.74, 6) is -0.803. The molecule has 0 unspecified atom stereocenters. The Kier molecular flexibility index (Phi) is 10.3.